The minimum atomic E-state index is -0.107. The van der Waals surface area contributed by atoms with E-state index in [2.05, 4.69) is 23.5 Å². The van der Waals surface area contributed by atoms with Crippen LogP contribution in [0, 0.1) is 0 Å². The zero-order chi connectivity index (χ0) is 16.2. The molecule has 3 rings (SSSR count). The van der Waals surface area contributed by atoms with E-state index in [1.807, 2.05) is 6.07 Å². The fourth-order valence-corrected chi connectivity index (χ4v) is 3.08. The number of nitrogens with one attached hydrogen (secondary N) is 1. The van der Waals surface area contributed by atoms with Crippen LogP contribution in [0.15, 0.2) is 42.5 Å². The van der Waals surface area contributed by atoms with Crippen molar-refractivity contribution in [1.82, 2.24) is 5.32 Å². The highest BCUT2D eigenvalue weighted by Crippen LogP contribution is 2.30. The van der Waals surface area contributed by atoms with Crippen molar-refractivity contribution >= 4 is 5.91 Å². The van der Waals surface area contributed by atoms with Crippen molar-refractivity contribution in [1.29, 1.82) is 0 Å². The van der Waals surface area contributed by atoms with Gasteiger partial charge in [-0.3, -0.25) is 4.79 Å². The van der Waals surface area contributed by atoms with Gasteiger partial charge in [-0.2, -0.15) is 0 Å². The normalized spacial score (nSPS) is 16.3. The summed E-state index contributed by atoms with van der Waals surface area (Å²) in [5.74, 6) is 1.11. The number of amides is 1. The molecule has 1 aliphatic rings. The Kier molecular flexibility index (Phi) is 4.51. The van der Waals surface area contributed by atoms with Crippen LogP contribution in [-0.2, 0) is 6.42 Å². The smallest absolute Gasteiger partial charge is 0.252 e. The number of benzene rings is 2. The lowest BCUT2D eigenvalue weighted by Gasteiger charge is -2.26. The molecule has 0 aromatic heterocycles. The largest absolute Gasteiger partial charge is 0.497 e. The third-order valence-corrected chi connectivity index (χ3v) is 4.29. The van der Waals surface area contributed by atoms with Crippen LogP contribution in [0.1, 0.15) is 40.4 Å². The van der Waals surface area contributed by atoms with E-state index >= 15 is 0 Å². The summed E-state index contributed by atoms with van der Waals surface area (Å²) in [5, 5.41) is 3.14. The lowest BCUT2D eigenvalue weighted by Crippen LogP contribution is -2.31. The van der Waals surface area contributed by atoms with Crippen LogP contribution in [0.2, 0.25) is 0 Å². The Balaban J connectivity index is 1.83. The molecule has 0 radical (unpaired) electrons. The second-order valence-electron chi connectivity index (χ2n) is 5.72. The van der Waals surface area contributed by atoms with E-state index < -0.39 is 0 Å². The van der Waals surface area contributed by atoms with Gasteiger partial charge in [0.15, 0.2) is 0 Å². The fourth-order valence-electron chi connectivity index (χ4n) is 3.08. The van der Waals surface area contributed by atoms with Crippen LogP contribution in [0.25, 0.3) is 0 Å². The van der Waals surface area contributed by atoms with Crippen LogP contribution >= 0.6 is 0 Å². The maximum atomic E-state index is 12.6. The van der Waals surface area contributed by atoms with Crippen LogP contribution in [0.4, 0.5) is 0 Å². The summed E-state index contributed by atoms with van der Waals surface area (Å²) in [7, 11) is 3.15. The number of methoxy groups -OCH3 is 2. The molecule has 0 spiro atoms. The first kappa shape index (κ1) is 15.4. The Morgan fingerprint density at radius 3 is 2.48 bits per heavy atom. The zero-order valence-electron chi connectivity index (χ0n) is 13.5. The molecule has 0 saturated carbocycles. The van der Waals surface area contributed by atoms with Gasteiger partial charge in [0.2, 0.25) is 0 Å². The van der Waals surface area contributed by atoms with Gasteiger partial charge in [0.25, 0.3) is 5.91 Å². The number of ether oxygens (including phenoxy) is 2. The van der Waals surface area contributed by atoms with E-state index in [4.69, 9.17) is 9.47 Å². The highest BCUT2D eigenvalue weighted by Gasteiger charge is 2.22. The lowest BCUT2D eigenvalue weighted by atomic mass is 9.87. The van der Waals surface area contributed by atoms with Crippen molar-refractivity contribution in [2.75, 3.05) is 14.2 Å². The SMILES string of the molecule is COc1cc(OC)cc(C(=O)N[C@@H]2CCCc3ccccc32)c1. The molecular formula is C19H21NO3. The summed E-state index contributed by atoms with van der Waals surface area (Å²) in [6.45, 7) is 0. The third kappa shape index (κ3) is 3.31. The Hall–Kier alpha value is -2.49. The van der Waals surface area contributed by atoms with Gasteiger partial charge in [-0.1, -0.05) is 24.3 Å². The summed E-state index contributed by atoms with van der Waals surface area (Å²) in [6.07, 6.45) is 3.13. The summed E-state index contributed by atoms with van der Waals surface area (Å²) in [4.78, 5) is 12.6. The van der Waals surface area contributed by atoms with Gasteiger partial charge in [0.1, 0.15) is 11.5 Å². The molecular weight excluding hydrogens is 290 g/mol. The first-order chi connectivity index (χ1) is 11.2. The van der Waals surface area contributed by atoms with Crippen LogP contribution in [0.3, 0.4) is 0 Å². The minimum Gasteiger partial charge on any atom is -0.497 e. The van der Waals surface area contributed by atoms with E-state index in [1.54, 1.807) is 32.4 Å². The first-order valence-electron chi connectivity index (χ1n) is 7.83. The Bertz CT molecular complexity index is 689. The molecule has 0 bridgehead atoms. The highest BCUT2D eigenvalue weighted by molar-refractivity contribution is 5.95. The molecule has 1 atom stereocenters. The molecule has 0 fully saturated rings. The molecule has 0 heterocycles. The predicted molar refractivity (Wildman–Crippen MR) is 89.1 cm³/mol. The van der Waals surface area contributed by atoms with Gasteiger partial charge in [-0.05, 0) is 42.5 Å². The second kappa shape index (κ2) is 6.73. The van der Waals surface area contributed by atoms with Crippen LogP contribution in [-0.4, -0.2) is 20.1 Å². The first-order valence-corrected chi connectivity index (χ1v) is 7.83. The number of carbonyl (C=O) groups excluding carboxylic acids is 1. The molecule has 0 saturated heterocycles. The zero-order valence-corrected chi connectivity index (χ0v) is 13.5. The second-order valence-corrected chi connectivity index (χ2v) is 5.72. The summed E-state index contributed by atoms with van der Waals surface area (Å²) >= 11 is 0. The maximum Gasteiger partial charge on any atom is 0.252 e. The number of carbonyl (C=O) groups is 1. The third-order valence-electron chi connectivity index (χ3n) is 4.29. The summed E-state index contributed by atoms with van der Waals surface area (Å²) in [6, 6.07) is 13.6. The fraction of sp³-hybridized carbons (Fsp3) is 0.316. The molecule has 120 valence electrons. The number of rotatable bonds is 4. The standard InChI is InChI=1S/C19H21NO3/c1-22-15-10-14(11-16(12-15)23-2)19(21)20-18-9-5-7-13-6-3-4-8-17(13)18/h3-4,6,8,10-12,18H,5,7,9H2,1-2H3,(H,20,21)/t18-/m1/s1. The predicted octanol–water partition coefficient (Wildman–Crippen LogP) is 3.51. The average molecular weight is 311 g/mol. The Morgan fingerprint density at radius 2 is 1.78 bits per heavy atom. The topological polar surface area (TPSA) is 47.6 Å². The molecule has 0 aliphatic heterocycles. The van der Waals surface area contributed by atoms with E-state index in [-0.39, 0.29) is 11.9 Å². The maximum absolute atomic E-state index is 12.6. The van der Waals surface area contributed by atoms with Gasteiger partial charge < -0.3 is 14.8 Å². The summed E-state index contributed by atoms with van der Waals surface area (Å²) < 4.78 is 10.5. The molecule has 0 unspecified atom stereocenters. The highest BCUT2D eigenvalue weighted by atomic mass is 16.5. The van der Waals surface area contributed by atoms with E-state index in [9.17, 15) is 4.79 Å². The van der Waals surface area contributed by atoms with Crippen molar-refractivity contribution in [3.8, 4) is 11.5 Å². The quantitative estimate of drug-likeness (QED) is 0.940. The van der Waals surface area contributed by atoms with Crippen LogP contribution < -0.4 is 14.8 Å². The van der Waals surface area contributed by atoms with Gasteiger partial charge >= 0.3 is 0 Å². The van der Waals surface area contributed by atoms with Crippen LogP contribution in [0.5, 0.6) is 11.5 Å². The molecule has 4 heteroatoms. The van der Waals surface area contributed by atoms with Crippen molar-refractivity contribution in [3.05, 3.63) is 59.2 Å². The lowest BCUT2D eigenvalue weighted by molar-refractivity contribution is 0.0932. The molecule has 1 N–H and O–H groups in total. The minimum absolute atomic E-state index is 0.0599. The molecule has 23 heavy (non-hydrogen) atoms. The molecule has 1 aliphatic carbocycles. The van der Waals surface area contributed by atoms with E-state index in [1.165, 1.54) is 11.1 Å². The molecule has 4 nitrogen and oxygen atoms in total. The molecule has 2 aromatic carbocycles. The monoisotopic (exact) mass is 311 g/mol. The van der Waals surface area contributed by atoms with Gasteiger partial charge in [0, 0.05) is 11.6 Å². The number of hydrogen-bond donors (Lipinski definition) is 1. The molecule has 1 amide bonds. The number of hydrogen-bond acceptors (Lipinski definition) is 3. The Morgan fingerprint density at radius 1 is 1.09 bits per heavy atom. The van der Waals surface area contributed by atoms with Crippen molar-refractivity contribution in [3.63, 3.8) is 0 Å². The van der Waals surface area contributed by atoms with Gasteiger partial charge in [0.05, 0.1) is 20.3 Å². The van der Waals surface area contributed by atoms with Gasteiger partial charge in [-0.15, -0.1) is 0 Å². The number of fused-ring (bicyclic) bond motifs is 1. The van der Waals surface area contributed by atoms with Crippen molar-refractivity contribution in [2.45, 2.75) is 25.3 Å². The average Bonchev–Trinajstić information content (AvgIpc) is 2.61. The van der Waals surface area contributed by atoms with Gasteiger partial charge in [-0.25, -0.2) is 0 Å². The molecule has 2 aromatic rings. The summed E-state index contributed by atoms with van der Waals surface area (Å²) in [5.41, 5.74) is 3.10. The number of aryl methyl sites for hydroxylation is 1. The van der Waals surface area contributed by atoms with Crippen molar-refractivity contribution < 1.29 is 14.3 Å². The van der Waals surface area contributed by atoms with E-state index in [0.29, 0.717) is 17.1 Å². The van der Waals surface area contributed by atoms with Crippen molar-refractivity contribution in [2.24, 2.45) is 0 Å². The Labute approximate surface area is 136 Å². The van der Waals surface area contributed by atoms with E-state index in [0.717, 1.165) is 19.3 Å².